The average Bonchev–Trinajstić information content (AvgIpc) is 2.83. The summed E-state index contributed by atoms with van der Waals surface area (Å²) < 4.78 is 5.25. The van der Waals surface area contributed by atoms with Crippen LogP contribution in [0.5, 0.6) is 0 Å². The highest BCUT2D eigenvalue weighted by molar-refractivity contribution is 5.81. The van der Waals surface area contributed by atoms with Crippen LogP contribution in [-0.2, 0) is 11.3 Å². The highest BCUT2D eigenvalue weighted by Crippen LogP contribution is 2.05. The van der Waals surface area contributed by atoms with Crippen molar-refractivity contribution in [1.82, 2.24) is 15.1 Å². The van der Waals surface area contributed by atoms with Crippen LogP contribution in [0.4, 0.5) is 0 Å². The molecule has 0 saturated carbocycles. The Labute approximate surface area is 114 Å². The third kappa shape index (κ3) is 4.08. The van der Waals surface area contributed by atoms with Crippen molar-refractivity contribution in [3.05, 3.63) is 24.2 Å². The van der Waals surface area contributed by atoms with Crippen molar-refractivity contribution in [2.24, 2.45) is 0 Å². The van der Waals surface area contributed by atoms with Crippen LogP contribution in [0.3, 0.4) is 0 Å². The van der Waals surface area contributed by atoms with E-state index in [4.69, 9.17) is 4.42 Å². The molecule has 5 heteroatoms. The van der Waals surface area contributed by atoms with E-state index in [1.807, 2.05) is 24.0 Å². The smallest absolute Gasteiger partial charge is 0.239 e. The molecule has 1 fully saturated rings. The van der Waals surface area contributed by atoms with Gasteiger partial charge in [0.25, 0.3) is 0 Å². The van der Waals surface area contributed by atoms with Gasteiger partial charge in [0, 0.05) is 19.6 Å². The molecule has 1 N–H and O–H groups in total. The van der Waals surface area contributed by atoms with Crippen LogP contribution < -0.4 is 5.32 Å². The topological polar surface area (TPSA) is 48.7 Å². The van der Waals surface area contributed by atoms with Crippen molar-refractivity contribution in [1.29, 1.82) is 0 Å². The number of rotatable bonds is 4. The van der Waals surface area contributed by atoms with E-state index in [-0.39, 0.29) is 11.9 Å². The van der Waals surface area contributed by atoms with Crippen molar-refractivity contribution in [2.75, 3.05) is 33.2 Å². The minimum absolute atomic E-state index is 0.173. The highest BCUT2D eigenvalue weighted by Gasteiger charge is 2.22. The molecule has 1 aliphatic rings. The van der Waals surface area contributed by atoms with Crippen LogP contribution >= 0.6 is 0 Å². The second kappa shape index (κ2) is 6.73. The zero-order valence-corrected chi connectivity index (χ0v) is 11.8. The van der Waals surface area contributed by atoms with Crippen LogP contribution in [0.2, 0.25) is 0 Å². The van der Waals surface area contributed by atoms with E-state index in [0.717, 1.165) is 38.4 Å². The summed E-state index contributed by atoms with van der Waals surface area (Å²) in [6, 6.07) is 3.59. The van der Waals surface area contributed by atoms with Crippen molar-refractivity contribution in [2.45, 2.75) is 25.9 Å². The first-order chi connectivity index (χ1) is 9.16. The van der Waals surface area contributed by atoms with Crippen molar-refractivity contribution in [3.63, 3.8) is 0 Å². The van der Waals surface area contributed by atoms with Gasteiger partial charge in [0.05, 0.1) is 18.8 Å². The molecule has 2 rings (SSSR count). The lowest BCUT2D eigenvalue weighted by atomic mass is 10.2. The number of hydrogen-bond acceptors (Lipinski definition) is 4. The number of carbonyl (C=O) groups excluding carboxylic acids is 1. The number of furan rings is 1. The van der Waals surface area contributed by atoms with Crippen LogP contribution in [-0.4, -0.2) is 55.0 Å². The third-order valence-corrected chi connectivity index (χ3v) is 3.56. The van der Waals surface area contributed by atoms with Gasteiger partial charge in [-0.3, -0.25) is 10.1 Å². The molecule has 1 atom stereocenters. The number of hydrogen-bond donors (Lipinski definition) is 1. The summed E-state index contributed by atoms with van der Waals surface area (Å²) in [7, 11) is 2.10. The lowest BCUT2D eigenvalue weighted by molar-refractivity contribution is -0.132. The van der Waals surface area contributed by atoms with Crippen molar-refractivity contribution in [3.8, 4) is 0 Å². The minimum Gasteiger partial charge on any atom is -0.468 e. The predicted octanol–water partition coefficient (Wildman–Crippen LogP) is 0.922. The van der Waals surface area contributed by atoms with E-state index in [1.54, 1.807) is 6.26 Å². The molecule has 2 heterocycles. The van der Waals surface area contributed by atoms with Crippen LogP contribution in [0.1, 0.15) is 19.1 Å². The molecular formula is C14H23N3O2. The third-order valence-electron chi connectivity index (χ3n) is 3.56. The summed E-state index contributed by atoms with van der Waals surface area (Å²) in [6.45, 7) is 6.21. The minimum atomic E-state index is -0.173. The Morgan fingerprint density at radius 2 is 2.26 bits per heavy atom. The number of nitrogens with one attached hydrogen (secondary N) is 1. The normalized spacial score (nSPS) is 19.2. The van der Waals surface area contributed by atoms with Gasteiger partial charge in [0.1, 0.15) is 5.76 Å². The first kappa shape index (κ1) is 14.1. The second-order valence-corrected chi connectivity index (χ2v) is 5.16. The van der Waals surface area contributed by atoms with E-state index in [9.17, 15) is 4.79 Å². The molecule has 1 aromatic heterocycles. The van der Waals surface area contributed by atoms with Gasteiger partial charge in [0.2, 0.25) is 5.91 Å². The fourth-order valence-electron chi connectivity index (χ4n) is 2.29. The number of carbonyl (C=O) groups is 1. The molecule has 0 aromatic carbocycles. The maximum Gasteiger partial charge on any atom is 0.239 e. The zero-order valence-electron chi connectivity index (χ0n) is 11.8. The van der Waals surface area contributed by atoms with Crippen molar-refractivity contribution >= 4 is 5.91 Å². The highest BCUT2D eigenvalue weighted by atomic mass is 16.3. The van der Waals surface area contributed by atoms with Gasteiger partial charge in [-0.1, -0.05) is 0 Å². The van der Waals surface area contributed by atoms with Gasteiger partial charge < -0.3 is 14.2 Å². The van der Waals surface area contributed by atoms with Crippen LogP contribution in [0.15, 0.2) is 22.8 Å². The fraction of sp³-hybridized carbons (Fsp3) is 0.643. The molecule has 1 amide bonds. The van der Waals surface area contributed by atoms with Gasteiger partial charge in [0.15, 0.2) is 0 Å². The Morgan fingerprint density at radius 1 is 1.42 bits per heavy atom. The molecule has 0 aliphatic carbocycles. The van der Waals surface area contributed by atoms with E-state index in [2.05, 4.69) is 17.3 Å². The van der Waals surface area contributed by atoms with Gasteiger partial charge in [-0.25, -0.2) is 0 Å². The Bertz CT molecular complexity index is 391. The average molecular weight is 265 g/mol. The summed E-state index contributed by atoms with van der Waals surface area (Å²) >= 11 is 0. The molecule has 1 saturated heterocycles. The maximum atomic E-state index is 12.3. The van der Waals surface area contributed by atoms with Gasteiger partial charge in [-0.15, -0.1) is 0 Å². The molecule has 0 bridgehead atoms. The molecule has 5 nitrogen and oxygen atoms in total. The first-order valence-electron chi connectivity index (χ1n) is 6.90. The Morgan fingerprint density at radius 3 is 3.00 bits per heavy atom. The summed E-state index contributed by atoms with van der Waals surface area (Å²) in [5.41, 5.74) is 0. The lowest BCUT2D eigenvalue weighted by Crippen LogP contribution is -2.45. The molecule has 1 aliphatic heterocycles. The molecular weight excluding hydrogens is 242 g/mol. The first-order valence-corrected chi connectivity index (χ1v) is 6.90. The lowest BCUT2D eigenvalue weighted by Gasteiger charge is -2.24. The number of likely N-dealkylation sites (N-methyl/N-ethyl adjacent to an activating group) is 1. The monoisotopic (exact) mass is 265 g/mol. The van der Waals surface area contributed by atoms with E-state index >= 15 is 0 Å². The Balaban J connectivity index is 1.80. The van der Waals surface area contributed by atoms with Crippen LogP contribution in [0, 0.1) is 0 Å². The fourth-order valence-corrected chi connectivity index (χ4v) is 2.29. The Hall–Kier alpha value is -1.33. The molecule has 19 heavy (non-hydrogen) atoms. The largest absolute Gasteiger partial charge is 0.468 e. The van der Waals surface area contributed by atoms with E-state index in [0.29, 0.717) is 6.54 Å². The second-order valence-electron chi connectivity index (χ2n) is 5.16. The zero-order chi connectivity index (χ0) is 13.7. The molecule has 0 spiro atoms. The molecule has 0 radical (unpaired) electrons. The standard InChI is InChI=1S/C14H23N3O2/c1-12(15-11-13-5-3-10-19-13)14(18)17-7-4-6-16(2)8-9-17/h3,5,10,12,15H,4,6-9,11H2,1-2H3. The SMILES string of the molecule is CC(NCc1ccco1)C(=O)N1CCCN(C)CC1. The summed E-state index contributed by atoms with van der Waals surface area (Å²) in [5.74, 6) is 1.04. The molecule has 1 unspecified atom stereocenters. The predicted molar refractivity (Wildman–Crippen MR) is 73.7 cm³/mol. The van der Waals surface area contributed by atoms with Gasteiger partial charge in [-0.2, -0.15) is 0 Å². The number of amides is 1. The van der Waals surface area contributed by atoms with Gasteiger partial charge in [-0.05, 0) is 39.1 Å². The van der Waals surface area contributed by atoms with Crippen LogP contribution in [0.25, 0.3) is 0 Å². The maximum absolute atomic E-state index is 12.3. The van der Waals surface area contributed by atoms with E-state index in [1.165, 1.54) is 0 Å². The summed E-state index contributed by atoms with van der Waals surface area (Å²) in [6.07, 6.45) is 2.70. The summed E-state index contributed by atoms with van der Waals surface area (Å²) in [5, 5.41) is 3.22. The molecule has 106 valence electrons. The Kier molecular flexibility index (Phi) is 4.99. The number of nitrogens with zero attached hydrogens (tertiary/aromatic N) is 2. The quantitative estimate of drug-likeness (QED) is 0.879. The van der Waals surface area contributed by atoms with Gasteiger partial charge >= 0.3 is 0 Å². The summed E-state index contributed by atoms with van der Waals surface area (Å²) in [4.78, 5) is 16.6. The van der Waals surface area contributed by atoms with E-state index < -0.39 is 0 Å². The van der Waals surface area contributed by atoms with Crippen molar-refractivity contribution < 1.29 is 9.21 Å². The molecule has 1 aromatic rings.